The first-order valence-corrected chi connectivity index (χ1v) is 9.70. The molecule has 2 aromatic rings. The summed E-state index contributed by atoms with van der Waals surface area (Å²) in [5.41, 5.74) is 4.14. The molecule has 30 heavy (non-hydrogen) atoms. The van der Waals surface area contributed by atoms with Crippen LogP contribution in [-0.2, 0) is 21.4 Å². The van der Waals surface area contributed by atoms with Crippen LogP contribution in [0.4, 0.5) is 0 Å². The summed E-state index contributed by atoms with van der Waals surface area (Å²) in [6.07, 6.45) is 3.54. The predicted molar refractivity (Wildman–Crippen MR) is 108 cm³/mol. The molecule has 2 N–H and O–H groups in total. The number of aliphatic carboxylic acids is 2. The highest BCUT2D eigenvalue weighted by molar-refractivity contribution is 6.27. The topological polar surface area (TPSA) is 117 Å². The smallest absolute Gasteiger partial charge is 0.414 e. The summed E-state index contributed by atoms with van der Waals surface area (Å²) in [7, 11) is 0. The molecule has 1 amide bonds. The van der Waals surface area contributed by atoms with Crippen molar-refractivity contribution in [2.24, 2.45) is 0 Å². The van der Waals surface area contributed by atoms with Gasteiger partial charge in [-0.15, -0.1) is 0 Å². The molecular weight excluding hydrogens is 388 g/mol. The Balaban J connectivity index is 0.000000377. The van der Waals surface area contributed by atoms with Gasteiger partial charge in [0.05, 0.1) is 17.6 Å². The van der Waals surface area contributed by atoms with E-state index in [0.29, 0.717) is 12.2 Å². The SMILES string of the molecule is CCc1ccc(C(=O)N2CCC3(COc4ccc(C)cc43)C2)cn1.O=C(O)C(=O)O. The minimum Gasteiger partial charge on any atom is -0.492 e. The van der Waals surface area contributed by atoms with Gasteiger partial charge in [-0.1, -0.05) is 24.6 Å². The first-order valence-electron chi connectivity index (χ1n) is 9.70. The van der Waals surface area contributed by atoms with Crippen LogP contribution in [-0.4, -0.2) is 57.6 Å². The second kappa shape index (κ2) is 8.52. The monoisotopic (exact) mass is 412 g/mol. The molecule has 0 aliphatic carbocycles. The highest BCUT2D eigenvalue weighted by atomic mass is 16.5. The van der Waals surface area contributed by atoms with Gasteiger partial charge in [0.1, 0.15) is 5.75 Å². The first kappa shape index (κ1) is 21.3. The van der Waals surface area contributed by atoms with E-state index >= 15 is 0 Å². The van der Waals surface area contributed by atoms with Crippen molar-refractivity contribution < 1.29 is 29.3 Å². The van der Waals surface area contributed by atoms with Crippen LogP contribution in [0, 0.1) is 6.92 Å². The van der Waals surface area contributed by atoms with E-state index in [4.69, 9.17) is 24.5 Å². The number of aromatic nitrogens is 1. The normalized spacial score (nSPS) is 18.9. The van der Waals surface area contributed by atoms with Crippen molar-refractivity contribution in [3.63, 3.8) is 0 Å². The quantitative estimate of drug-likeness (QED) is 0.727. The van der Waals surface area contributed by atoms with Gasteiger partial charge in [-0.3, -0.25) is 9.78 Å². The second-order valence-corrected chi connectivity index (χ2v) is 7.55. The van der Waals surface area contributed by atoms with E-state index in [0.717, 1.165) is 37.4 Å². The Morgan fingerprint density at radius 1 is 1.17 bits per heavy atom. The number of ether oxygens (including phenoxy) is 1. The fourth-order valence-electron chi connectivity index (χ4n) is 3.80. The zero-order valence-electron chi connectivity index (χ0n) is 16.9. The van der Waals surface area contributed by atoms with Gasteiger partial charge in [-0.25, -0.2) is 9.59 Å². The van der Waals surface area contributed by atoms with Crippen molar-refractivity contribution in [1.29, 1.82) is 0 Å². The number of carbonyl (C=O) groups is 3. The van der Waals surface area contributed by atoms with E-state index in [2.05, 4.69) is 37.0 Å². The Morgan fingerprint density at radius 2 is 1.90 bits per heavy atom. The average Bonchev–Trinajstić information content (AvgIpc) is 3.33. The largest absolute Gasteiger partial charge is 0.492 e. The van der Waals surface area contributed by atoms with Crippen LogP contribution in [0.25, 0.3) is 0 Å². The summed E-state index contributed by atoms with van der Waals surface area (Å²) in [4.78, 5) is 37.3. The average molecular weight is 412 g/mol. The molecule has 0 saturated carbocycles. The van der Waals surface area contributed by atoms with Crippen LogP contribution in [0.3, 0.4) is 0 Å². The van der Waals surface area contributed by atoms with E-state index in [1.807, 2.05) is 17.0 Å². The highest BCUT2D eigenvalue weighted by Gasteiger charge is 2.47. The number of hydrogen-bond donors (Lipinski definition) is 2. The van der Waals surface area contributed by atoms with E-state index in [1.54, 1.807) is 6.20 Å². The van der Waals surface area contributed by atoms with Crippen LogP contribution < -0.4 is 4.74 Å². The van der Waals surface area contributed by atoms with E-state index in [9.17, 15) is 4.79 Å². The van der Waals surface area contributed by atoms with Gasteiger partial charge >= 0.3 is 11.9 Å². The third kappa shape index (κ3) is 4.27. The zero-order chi connectivity index (χ0) is 21.9. The molecule has 3 heterocycles. The third-order valence-corrected chi connectivity index (χ3v) is 5.47. The van der Waals surface area contributed by atoms with Gasteiger partial charge in [0.15, 0.2) is 0 Å². The van der Waals surface area contributed by atoms with Gasteiger partial charge in [0.2, 0.25) is 0 Å². The lowest BCUT2D eigenvalue weighted by Gasteiger charge is -2.23. The Hall–Kier alpha value is -3.42. The minimum absolute atomic E-state index is 0.0478. The third-order valence-electron chi connectivity index (χ3n) is 5.47. The van der Waals surface area contributed by atoms with Gasteiger partial charge in [-0.2, -0.15) is 0 Å². The number of aryl methyl sites for hydroxylation is 2. The molecule has 2 aliphatic heterocycles. The number of carboxylic acid groups (broad SMARTS) is 2. The molecule has 0 bridgehead atoms. The number of amides is 1. The van der Waals surface area contributed by atoms with Gasteiger partial charge < -0.3 is 19.8 Å². The highest BCUT2D eigenvalue weighted by Crippen LogP contribution is 2.45. The number of nitrogens with zero attached hydrogens (tertiary/aromatic N) is 2. The predicted octanol–water partition coefficient (Wildman–Crippen LogP) is 2.28. The lowest BCUT2D eigenvalue weighted by molar-refractivity contribution is -0.159. The number of benzene rings is 1. The van der Waals surface area contributed by atoms with Crippen LogP contribution in [0.15, 0.2) is 36.5 Å². The number of rotatable bonds is 2. The van der Waals surface area contributed by atoms with Crippen LogP contribution >= 0.6 is 0 Å². The van der Waals surface area contributed by atoms with Gasteiger partial charge in [-0.05, 0) is 38.0 Å². The number of carbonyl (C=O) groups excluding carboxylic acids is 1. The Kier molecular flexibility index (Phi) is 6.05. The summed E-state index contributed by atoms with van der Waals surface area (Å²) in [6, 6.07) is 10.2. The zero-order valence-corrected chi connectivity index (χ0v) is 16.9. The molecule has 2 aliphatic rings. The second-order valence-electron chi connectivity index (χ2n) is 7.55. The van der Waals surface area contributed by atoms with Crippen molar-refractivity contribution in [2.75, 3.05) is 19.7 Å². The van der Waals surface area contributed by atoms with E-state index < -0.39 is 11.9 Å². The van der Waals surface area contributed by atoms with E-state index in [-0.39, 0.29) is 11.3 Å². The maximum Gasteiger partial charge on any atom is 0.414 e. The fraction of sp³-hybridized carbons (Fsp3) is 0.364. The summed E-state index contributed by atoms with van der Waals surface area (Å²) >= 11 is 0. The lowest BCUT2D eigenvalue weighted by Crippen LogP contribution is -2.35. The van der Waals surface area contributed by atoms with Crippen molar-refractivity contribution in [3.8, 4) is 5.75 Å². The molecule has 1 atom stereocenters. The number of fused-ring (bicyclic) bond motifs is 2. The summed E-state index contributed by atoms with van der Waals surface area (Å²) in [5.74, 6) is -2.60. The molecule has 1 aromatic heterocycles. The number of likely N-dealkylation sites (tertiary alicyclic amines) is 1. The molecule has 158 valence electrons. The molecule has 1 spiro atoms. The minimum atomic E-state index is -1.82. The summed E-state index contributed by atoms with van der Waals surface area (Å²) in [6.45, 7) is 6.32. The molecular formula is C22H24N2O6. The van der Waals surface area contributed by atoms with Crippen LogP contribution in [0.5, 0.6) is 5.75 Å². The summed E-state index contributed by atoms with van der Waals surface area (Å²) < 4.78 is 5.90. The number of pyridine rings is 1. The molecule has 1 unspecified atom stereocenters. The molecule has 1 aromatic carbocycles. The van der Waals surface area contributed by atoms with Crippen molar-refractivity contribution >= 4 is 17.8 Å². The van der Waals surface area contributed by atoms with E-state index in [1.165, 1.54) is 11.1 Å². The summed E-state index contributed by atoms with van der Waals surface area (Å²) in [5, 5.41) is 14.8. The maximum atomic E-state index is 12.8. The molecule has 1 fully saturated rings. The van der Waals surface area contributed by atoms with Crippen molar-refractivity contribution in [2.45, 2.75) is 32.1 Å². The fourth-order valence-corrected chi connectivity index (χ4v) is 3.80. The molecule has 4 rings (SSSR count). The Bertz CT molecular complexity index is 960. The first-order chi connectivity index (χ1) is 14.3. The number of hydrogen-bond acceptors (Lipinski definition) is 5. The molecule has 8 nitrogen and oxygen atoms in total. The molecule has 1 saturated heterocycles. The lowest BCUT2D eigenvalue weighted by atomic mass is 9.81. The Morgan fingerprint density at radius 3 is 2.50 bits per heavy atom. The van der Waals surface area contributed by atoms with Gasteiger partial charge in [0.25, 0.3) is 5.91 Å². The van der Waals surface area contributed by atoms with Gasteiger partial charge in [0, 0.05) is 30.5 Å². The number of carboxylic acids is 2. The Labute approximate surface area is 174 Å². The molecule has 8 heteroatoms. The van der Waals surface area contributed by atoms with Crippen LogP contribution in [0.1, 0.15) is 40.5 Å². The van der Waals surface area contributed by atoms with Crippen molar-refractivity contribution in [3.05, 3.63) is 58.9 Å². The molecule has 0 radical (unpaired) electrons. The standard InChI is InChI=1S/C20H22N2O2.C2H2O4/c1-3-16-6-5-15(11-21-16)19(23)22-9-8-20(12-22)13-24-18-7-4-14(2)10-17(18)20;3-1(4)2(5)6/h4-7,10-11H,3,8-9,12-13H2,1-2H3;(H,3,4)(H,5,6). The van der Waals surface area contributed by atoms with Crippen LogP contribution in [0.2, 0.25) is 0 Å². The van der Waals surface area contributed by atoms with Crippen molar-refractivity contribution in [1.82, 2.24) is 9.88 Å². The maximum absolute atomic E-state index is 12.8.